The zero-order valence-electron chi connectivity index (χ0n) is 15.5. The molecule has 126 valence electrons. The van der Waals surface area contributed by atoms with Crippen LogP contribution in [0.3, 0.4) is 0 Å². The van der Waals surface area contributed by atoms with Crippen molar-refractivity contribution in [3.63, 3.8) is 0 Å². The minimum Gasteiger partial charge on any atom is -1.00 e. The summed E-state index contributed by atoms with van der Waals surface area (Å²) in [4.78, 5) is 23.6. The summed E-state index contributed by atoms with van der Waals surface area (Å²) in [5.74, 6) is -0.191. The average molecular weight is 349 g/mol. The Hall–Kier alpha value is -1.70. The van der Waals surface area contributed by atoms with Crippen molar-refractivity contribution >= 4 is 17.0 Å². The molecule has 1 aliphatic carbocycles. The fraction of sp³-hybridized carbons (Fsp3) is 0.412. The third kappa shape index (κ3) is 3.23. The Morgan fingerprint density at radius 1 is 1.40 bits per heavy atom. The third-order valence-corrected chi connectivity index (χ3v) is 4.60. The first-order valence-corrected chi connectivity index (χ1v) is 8.27. The number of carbonyl (C=O) groups is 1. The Kier molecular flexibility index (Phi) is 5.27. The summed E-state index contributed by atoms with van der Waals surface area (Å²) >= 11 is 0. The van der Waals surface area contributed by atoms with Crippen LogP contribution in [0.15, 0.2) is 31.0 Å². The van der Waals surface area contributed by atoms with Crippen molar-refractivity contribution < 1.29 is 40.5 Å². The van der Waals surface area contributed by atoms with Gasteiger partial charge in [-0.3, -0.25) is 4.79 Å². The quantitative estimate of drug-likeness (QED) is 0.534. The first-order chi connectivity index (χ1) is 11.7. The number of esters is 1. The van der Waals surface area contributed by atoms with Gasteiger partial charge in [-0.15, -0.1) is 0 Å². The van der Waals surface area contributed by atoms with E-state index < -0.39 is 5.72 Å². The zero-order valence-corrected chi connectivity index (χ0v) is 16.5. The summed E-state index contributed by atoms with van der Waals surface area (Å²) in [5, 5.41) is 5.44. The molecule has 3 aromatic rings. The van der Waals surface area contributed by atoms with Gasteiger partial charge in [0.25, 0.3) is 0 Å². The number of nitrogens with one attached hydrogen (secondary N) is 1. The van der Waals surface area contributed by atoms with Crippen LogP contribution >= 0.6 is 0 Å². The largest absolute Gasteiger partial charge is 1.00 e. The second kappa shape index (κ2) is 7.27. The van der Waals surface area contributed by atoms with Crippen LogP contribution in [0.2, 0.25) is 0 Å². The number of rotatable bonds is 4. The van der Waals surface area contributed by atoms with Crippen LogP contribution in [-0.2, 0) is 15.3 Å². The maximum atomic E-state index is 11.9. The average Bonchev–Trinajstić information content (AvgIpc) is 3.34. The molecule has 0 atom stereocenters. The van der Waals surface area contributed by atoms with E-state index in [1.165, 1.54) is 6.33 Å². The molecule has 1 aliphatic rings. The van der Waals surface area contributed by atoms with Crippen molar-refractivity contribution in [1.82, 2.24) is 24.7 Å². The van der Waals surface area contributed by atoms with Crippen molar-refractivity contribution in [2.45, 2.75) is 44.8 Å². The topological polar surface area (TPSA) is 85.7 Å². The monoisotopic (exact) mass is 349 g/mol. The standard InChI is InChI=1S/C17H19N5O2.Na.H/c1-2-14(23)24-17(6-3-4-7-17)22-10-12(9-21-22)15-13-5-8-18-16(13)20-11-19-15;;/h5,8-11H,2-4,6-7H2,1H3,(H,18,19,20);;/q;+1;-1. The Balaban J connectivity index is 0.00000121. The molecule has 0 spiro atoms. The molecule has 3 heterocycles. The van der Waals surface area contributed by atoms with Gasteiger partial charge in [0.05, 0.1) is 11.9 Å². The molecule has 3 aromatic heterocycles. The van der Waals surface area contributed by atoms with E-state index in [4.69, 9.17) is 4.74 Å². The fourth-order valence-corrected chi connectivity index (χ4v) is 3.36. The summed E-state index contributed by atoms with van der Waals surface area (Å²) in [6, 6.07) is 1.95. The van der Waals surface area contributed by atoms with Crippen molar-refractivity contribution in [3.8, 4) is 11.3 Å². The van der Waals surface area contributed by atoms with E-state index >= 15 is 0 Å². The van der Waals surface area contributed by atoms with Crippen molar-refractivity contribution in [2.75, 3.05) is 0 Å². The Labute approximate surface area is 169 Å². The number of H-pyrrole nitrogens is 1. The molecule has 25 heavy (non-hydrogen) atoms. The maximum Gasteiger partial charge on any atom is 1.00 e. The minimum atomic E-state index is -0.657. The molecule has 0 aliphatic heterocycles. The number of aromatic amines is 1. The SMILES string of the molecule is CCC(=O)OC1(n2cc(-c3ncnc4[nH]ccc34)cn2)CCCC1.[H-].[Na+]. The molecule has 7 nitrogen and oxygen atoms in total. The van der Waals surface area contributed by atoms with E-state index in [0.717, 1.165) is 48.0 Å². The van der Waals surface area contributed by atoms with Crippen LogP contribution in [0.25, 0.3) is 22.3 Å². The van der Waals surface area contributed by atoms with Gasteiger partial charge in [0.2, 0.25) is 5.72 Å². The van der Waals surface area contributed by atoms with Crippen molar-refractivity contribution in [2.24, 2.45) is 0 Å². The Morgan fingerprint density at radius 2 is 2.20 bits per heavy atom. The first kappa shape index (κ1) is 18.1. The van der Waals surface area contributed by atoms with Crippen molar-refractivity contribution in [3.05, 3.63) is 31.0 Å². The molecule has 0 unspecified atom stereocenters. The first-order valence-electron chi connectivity index (χ1n) is 8.27. The zero-order chi connectivity index (χ0) is 16.6. The number of aromatic nitrogens is 5. The molecule has 0 bridgehead atoms. The predicted molar refractivity (Wildman–Crippen MR) is 89.0 cm³/mol. The second-order valence-corrected chi connectivity index (χ2v) is 6.12. The predicted octanol–water partition coefficient (Wildman–Crippen LogP) is 0.118. The summed E-state index contributed by atoms with van der Waals surface area (Å²) in [6.45, 7) is 1.81. The molecule has 0 aromatic carbocycles. The summed E-state index contributed by atoms with van der Waals surface area (Å²) < 4.78 is 7.57. The molecule has 0 saturated heterocycles. The molecule has 8 heteroatoms. The van der Waals surface area contributed by atoms with Gasteiger partial charge in [-0.1, -0.05) is 6.92 Å². The normalized spacial score (nSPS) is 15.9. The van der Waals surface area contributed by atoms with E-state index in [1.807, 2.05) is 25.4 Å². The third-order valence-electron chi connectivity index (χ3n) is 4.60. The molecule has 1 fully saturated rings. The molecule has 0 amide bonds. The molecule has 1 N–H and O–H groups in total. The maximum absolute atomic E-state index is 11.9. The van der Waals surface area contributed by atoms with Crippen molar-refractivity contribution in [1.29, 1.82) is 0 Å². The molecule has 4 rings (SSSR count). The van der Waals surface area contributed by atoms with Gasteiger partial charge in [-0.25, -0.2) is 14.6 Å². The number of carbonyl (C=O) groups excluding carboxylic acids is 1. The smallest absolute Gasteiger partial charge is 1.00 e. The van der Waals surface area contributed by atoms with E-state index in [2.05, 4.69) is 20.1 Å². The van der Waals surface area contributed by atoms with E-state index in [0.29, 0.717) is 6.42 Å². The van der Waals surface area contributed by atoms with Crippen LogP contribution in [0.1, 0.15) is 40.5 Å². The van der Waals surface area contributed by atoms with Gasteiger partial charge < -0.3 is 11.1 Å². The van der Waals surface area contributed by atoms with Gasteiger partial charge in [-0.2, -0.15) is 5.10 Å². The number of hydrogen-bond donors (Lipinski definition) is 1. The Bertz CT molecular complexity index is 888. The van der Waals surface area contributed by atoms with Gasteiger partial charge in [0.15, 0.2) is 0 Å². The van der Waals surface area contributed by atoms with E-state index in [9.17, 15) is 4.79 Å². The summed E-state index contributed by atoms with van der Waals surface area (Å²) in [6.07, 6.45) is 11.1. The van der Waals surface area contributed by atoms with Gasteiger partial charge >= 0.3 is 35.5 Å². The van der Waals surface area contributed by atoms with Crippen LogP contribution < -0.4 is 29.6 Å². The Morgan fingerprint density at radius 3 is 2.96 bits per heavy atom. The van der Waals surface area contributed by atoms with E-state index in [-0.39, 0.29) is 37.0 Å². The van der Waals surface area contributed by atoms with Gasteiger partial charge in [0.1, 0.15) is 12.0 Å². The minimum absolute atomic E-state index is 0. The second-order valence-electron chi connectivity index (χ2n) is 6.12. The molecule has 0 radical (unpaired) electrons. The molecular weight excluding hydrogens is 329 g/mol. The summed E-state index contributed by atoms with van der Waals surface area (Å²) in [7, 11) is 0. The van der Waals surface area contributed by atoms with Crippen LogP contribution in [0, 0.1) is 0 Å². The number of ether oxygens (including phenoxy) is 1. The van der Waals surface area contributed by atoms with Crippen LogP contribution in [0.5, 0.6) is 0 Å². The molecular formula is C17H20N5NaO2. The van der Waals surface area contributed by atoms with Gasteiger partial charge in [0, 0.05) is 42.6 Å². The van der Waals surface area contributed by atoms with Crippen LogP contribution in [-0.4, -0.2) is 30.7 Å². The van der Waals surface area contributed by atoms with Crippen LogP contribution in [0.4, 0.5) is 0 Å². The fourth-order valence-electron chi connectivity index (χ4n) is 3.36. The number of nitrogens with zero attached hydrogens (tertiary/aromatic N) is 4. The molecule has 1 saturated carbocycles. The van der Waals surface area contributed by atoms with Gasteiger partial charge in [-0.05, 0) is 18.9 Å². The number of fused-ring (bicyclic) bond motifs is 1. The summed E-state index contributed by atoms with van der Waals surface area (Å²) in [5.41, 5.74) is 1.85. The number of hydrogen-bond acceptors (Lipinski definition) is 5. The van der Waals surface area contributed by atoms with E-state index in [1.54, 1.807) is 10.9 Å².